The van der Waals surface area contributed by atoms with E-state index in [0.717, 1.165) is 12.0 Å². The molecule has 5 heteroatoms. The molecule has 0 unspecified atom stereocenters. The molecule has 0 saturated carbocycles. The molecular weight excluding hydrogens is 273 g/mol. The molecule has 0 fully saturated rings. The zero-order valence-corrected chi connectivity index (χ0v) is 11.1. The van der Waals surface area contributed by atoms with Gasteiger partial charge in [0.05, 0.1) is 6.61 Å². The van der Waals surface area contributed by atoms with Gasteiger partial charge in [-0.3, -0.25) is 0 Å². The first-order valence-electron chi connectivity index (χ1n) is 5.85. The number of aryl methyl sites for hydroxylation is 1. The lowest BCUT2D eigenvalue weighted by atomic mass is 10.0. The largest absolute Gasteiger partial charge is 0.425 e. The third-order valence-corrected chi connectivity index (χ3v) is 4.05. The third kappa shape index (κ3) is 2.82. The van der Waals surface area contributed by atoms with E-state index in [0.29, 0.717) is 22.5 Å². The normalized spacial score (nSPS) is 11.8. The lowest BCUT2D eigenvalue weighted by Crippen LogP contribution is -2.05. The number of hydrogen-bond acceptors (Lipinski definition) is 2. The summed E-state index contributed by atoms with van der Waals surface area (Å²) in [7, 11) is 0. The molecule has 0 radical (unpaired) electrons. The summed E-state index contributed by atoms with van der Waals surface area (Å²) in [6, 6.07) is 7.36. The number of benzene rings is 1. The first-order chi connectivity index (χ1) is 8.97. The van der Waals surface area contributed by atoms with Crippen molar-refractivity contribution >= 4 is 11.3 Å². The fourth-order valence-electron chi connectivity index (χ4n) is 1.94. The van der Waals surface area contributed by atoms with Gasteiger partial charge in [0.15, 0.2) is 0 Å². The van der Waals surface area contributed by atoms with Crippen molar-refractivity contribution in [2.24, 2.45) is 0 Å². The number of halogens is 3. The van der Waals surface area contributed by atoms with Crippen molar-refractivity contribution in [3.05, 3.63) is 45.6 Å². The highest BCUT2D eigenvalue weighted by molar-refractivity contribution is 7.10. The Balaban J connectivity index is 2.47. The van der Waals surface area contributed by atoms with Gasteiger partial charge in [0.1, 0.15) is 4.88 Å². The molecule has 102 valence electrons. The van der Waals surface area contributed by atoms with Gasteiger partial charge in [-0.25, -0.2) is 0 Å². The Morgan fingerprint density at radius 1 is 1.16 bits per heavy atom. The highest BCUT2D eigenvalue weighted by Gasteiger charge is 2.36. The molecule has 1 nitrogen and oxygen atoms in total. The highest BCUT2D eigenvalue weighted by Crippen LogP contribution is 2.41. The van der Waals surface area contributed by atoms with Crippen molar-refractivity contribution in [2.75, 3.05) is 0 Å². The van der Waals surface area contributed by atoms with Crippen LogP contribution in [0.15, 0.2) is 29.6 Å². The van der Waals surface area contributed by atoms with Crippen molar-refractivity contribution in [3.8, 4) is 11.1 Å². The maximum Gasteiger partial charge on any atom is 0.425 e. The van der Waals surface area contributed by atoms with Gasteiger partial charge in [-0.15, -0.1) is 11.3 Å². The fraction of sp³-hybridized carbons (Fsp3) is 0.286. The predicted molar refractivity (Wildman–Crippen MR) is 70.1 cm³/mol. The molecule has 19 heavy (non-hydrogen) atoms. The lowest BCUT2D eigenvalue weighted by molar-refractivity contribution is -0.135. The summed E-state index contributed by atoms with van der Waals surface area (Å²) >= 11 is 0.627. The molecule has 0 saturated heterocycles. The number of alkyl halides is 3. The number of thiophene rings is 1. The second-order valence-corrected chi connectivity index (χ2v) is 5.04. The van der Waals surface area contributed by atoms with Gasteiger partial charge < -0.3 is 5.11 Å². The minimum absolute atomic E-state index is 0.0400. The molecule has 0 atom stereocenters. The van der Waals surface area contributed by atoms with Gasteiger partial charge in [-0.05, 0) is 28.5 Å². The Hall–Kier alpha value is -1.33. The van der Waals surface area contributed by atoms with Crippen LogP contribution < -0.4 is 0 Å². The highest BCUT2D eigenvalue weighted by atomic mass is 32.1. The molecule has 1 aromatic heterocycles. The van der Waals surface area contributed by atoms with E-state index in [2.05, 4.69) is 0 Å². The predicted octanol–water partition coefficient (Wildman–Crippen LogP) is 4.49. The molecule has 0 spiro atoms. The summed E-state index contributed by atoms with van der Waals surface area (Å²) in [5.41, 5.74) is 2.25. The molecule has 0 bridgehead atoms. The molecule has 1 heterocycles. The van der Waals surface area contributed by atoms with Gasteiger partial charge in [0.2, 0.25) is 0 Å². The van der Waals surface area contributed by atoms with E-state index in [1.807, 2.05) is 19.1 Å². The Kier molecular flexibility index (Phi) is 3.96. The Morgan fingerprint density at radius 3 is 2.26 bits per heavy atom. The van der Waals surface area contributed by atoms with E-state index in [-0.39, 0.29) is 5.56 Å². The van der Waals surface area contributed by atoms with Crippen LogP contribution in [0.25, 0.3) is 11.1 Å². The van der Waals surface area contributed by atoms with E-state index < -0.39 is 17.7 Å². The summed E-state index contributed by atoms with van der Waals surface area (Å²) in [5, 5.41) is 10.7. The second-order valence-electron chi connectivity index (χ2n) is 4.16. The van der Waals surface area contributed by atoms with Gasteiger partial charge in [0.25, 0.3) is 0 Å². The van der Waals surface area contributed by atoms with Crippen LogP contribution in [0.3, 0.4) is 0 Å². The summed E-state index contributed by atoms with van der Waals surface area (Å²) in [4.78, 5) is -0.718. The van der Waals surface area contributed by atoms with Crippen molar-refractivity contribution in [2.45, 2.75) is 26.1 Å². The molecule has 0 amide bonds. The second kappa shape index (κ2) is 5.35. The Morgan fingerprint density at radius 2 is 1.79 bits per heavy atom. The van der Waals surface area contributed by atoms with E-state index in [1.54, 1.807) is 12.1 Å². The molecule has 1 aromatic carbocycles. The van der Waals surface area contributed by atoms with Crippen LogP contribution in [0.4, 0.5) is 13.2 Å². The van der Waals surface area contributed by atoms with Crippen molar-refractivity contribution in [3.63, 3.8) is 0 Å². The van der Waals surface area contributed by atoms with Crippen LogP contribution in [0.2, 0.25) is 0 Å². The van der Waals surface area contributed by atoms with Gasteiger partial charge in [0, 0.05) is 5.56 Å². The van der Waals surface area contributed by atoms with Crippen molar-refractivity contribution in [1.82, 2.24) is 0 Å². The summed E-state index contributed by atoms with van der Waals surface area (Å²) in [5.74, 6) is 0. The fourth-order valence-corrected chi connectivity index (χ4v) is 2.90. The zero-order chi connectivity index (χ0) is 14.0. The van der Waals surface area contributed by atoms with Crippen molar-refractivity contribution in [1.29, 1.82) is 0 Å². The molecule has 2 aromatic rings. The maximum absolute atomic E-state index is 12.8. The van der Waals surface area contributed by atoms with E-state index in [9.17, 15) is 18.3 Å². The zero-order valence-electron chi connectivity index (χ0n) is 10.3. The molecule has 0 aliphatic heterocycles. The summed E-state index contributed by atoms with van der Waals surface area (Å²) in [6.45, 7) is 1.41. The average molecular weight is 286 g/mol. The van der Waals surface area contributed by atoms with Crippen LogP contribution in [-0.2, 0) is 19.2 Å². The molecule has 0 aliphatic rings. The topological polar surface area (TPSA) is 20.2 Å². The van der Waals surface area contributed by atoms with Crippen LogP contribution in [0.5, 0.6) is 0 Å². The number of rotatable bonds is 3. The smallest absolute Gasteiger partial charge is 0.392 e. The first kappa shape index (κ1) is 14.1. The monoisotopic (exact) mass is 286 g/mol. The molecule has 2 rings (SSSR count). The van der Waals surface area contributed by atoms with Gasteiger partial charge in [-0.2, -0.15) is 13.2 Å². The van der Waals surface area contributed by atoms with Crippen LogP contribution in [-0.4, -0.2) is 5.11 Å². The molecule has 0 aliphatic carbocycles. The van der Waals surface area contributed by atoms with Crippen molar-refractivity contribution < 1.29 is 18.3 Å². The Labute approximate surface area is 113 Å². The SMILES string of the molecule is CCc1ccc(-c2csc(C(F)(F)F)c2CO)cc1. The standard InChI is InChI=1S/C14H13F3OS/c1-2-9-3-5-10(6-4-9)12-8-19-13(11(12)7-18)14(15,16)17/h3-6,8,18H,2,7H2,1H3. The lowest BCUT2D eigenvalue weighted by Gasteiger charge is -2.08. The van der Waals surface area contributed by atoms with Gasteiger partial charge in [-0.1, -0.05) is 31.2 Å². The third-order valence-electron chi connectivity index (χ3n) is 2.98. The van der Waals surface area contributed by atoms with Gasteiger partial charge >= 0.3 is 6.18 Å². The Bertz CT molecular complexity index is 555. The van der Waals surface area contributed by atoms with E-state index in [1.165, 1.54) is 5.38 Å². The molecular formula is C14H13F3OS. The number of hydrogen-bond donors (Lipinski definition) is 1. The quantitative estimate of drug-likeness (QED) is 0.881. The van der Waals surface area contributed by atoms with E-state index >= 15 is 0 Å². The molecule has 1 N–H and O–H groups in total. The maximum atomic E-state index is 12.8. The van der Waals surface area contributed by atoms with Crippen LogP contribution >= 0.6 is 11.3 Å². The van der Waals surface area contributed by atoms with Crippen LogP contribution in [0.1, 0.15) is 22.9 Å². The number of aliphatic hydroxyl groups excluding tert-OH is 1. The van der Waals surface area contributed by atoms with Crippen LogP contribution in [0, 0.1) is 0 Å². The van der Waals surface area contributed by atoms with E-state index in [4.69, 9.17) is 0 Å². The minimum atomic E-state index is -4.41. The first-order valence-corrected chi connectivity index (χ1v) is 6.73. The minimum Gasteiger partial charge on any atom is -0.392 e. The summed E-state index contributed by atoms with van der Waals surface area (Å²) < 4.78 is 38.3. The number of aliphatic hydroxyl groups is 1. The summed E-state index contributed by atoms with van der Waals surface area (Å²) in [6.07, 6.45) is -3.53. The average Bonchev–Trinajstić information content (AvgIpc) is 2.82.